The van der Waals surface area contributed by atoms with Crippen LogP contribution in [0.2, 0.25) is 0 Å². The third-order valence-electron chi connectivity index (χ3n) is 2.96. The van der Waals surface area contributed by atoms with Gasteiger partial charge in [0.15, 0.2) is 0 Å². The van der Waals surface area contributed by atoms with E-state index in [2.05, 4.69) is 5.32 Å². The number of carbonyl (C=O) groups is 1. The van der Waals surface area contributed by atoms with Crippen LogP contribution < -0.4 is 5.32 Å². The molecular formula is C16H17NO2. The summed E-state index contributed by atoms with van der Waals surface area (Å²) in [5.74, 6) is -0.122. The molecule has 98 valence electrons. The molecule has 0 spiro atoms. The van der Waals surface area contributed by atoms with Crippen LogP contribution in [0.4, 0.5) is 0 Å². The van der Waals surface area contributed by atoms with Crippen LogP contribution in [0.1, 0.15) is 28.4 Å². The third kappa shape index (κ3) is 3.66. The summed E-state index contributed by atoms with van der Waals surface area (Å²) in [7, 11) is 0. The summed E-state index contributed by atoms with van der Waals surface area (Å²) < 4.78 is 0. The van der Waals surface area contributed by atoms with Crippen molar-refractivity contribution in [1.82, 2.24) is 5.32 Å². The first-order valence-electron chi connectivity index (χ1n) is 6.33. The molecule has 2 N–H and O–H groups in total. The number of nitrogens with one attached hydrogen (secondary N) is 1. The van der Waals surface area contributed by atoms with Crippen LogP contribution in [0.25, 0.3) is 0 Å². The SMILES string of the molecule is O=C(NC(CCO)c1ccccc1)c1ccccc1. The minimum atomic E-state index is -0.168. The predicted octanol–water partition coefficient (Wildman–Crippen LogP) is 2.54. The van der Waals surface area contributed by atoms with Gasteiger partial charge in [0.05, 0.1) is 6.04 Å². The fourth-order valence-electron chi connectivity index (χ4n) is 1.97. The van der Waals surface area contributed by atoms with Crippen molar-refractivity contribution >= 4 is 5.91 Å². The second-order valence-corrected chi connectivity index (χ2v) is 4.32. The Morgan fingerprint density at radius 3 is 2.16 bits per heavy atom. The summed E-state index contributed by atoms with van der Waals surface area (Å²) in [6, 6.07) is 18.6. The van der Waals surface area contributed by atoms with Crippen molar-refractivity contribution in [3.63, 3.8) is 0 Å². The van der Waals surface area contributed by atoms with Crippen molar-refractivity contribution in [2.24, 2.45) is 0 Å². The Labute approximate surface area is 112 Å². The zero-order valence-electron chi connectivity index (χ0n) is 10.6. The van der Waals surface area contributed by atoms with Crippen molar-refractivity contribution in [2.45, 2.75) is 12.5 Å². The van der Waals surface area contributed by atoms with E-state index in [-0.39, 0.29) is 18.6 Å². The molecule has 0 saturated heterocycles. The molecule has 1 amide bonds. The summed E-state index contributed by atoms with van der Waals surface area (Å²) in [6.45, 7) is 0.0363. The number of amides is 1. The molecule has 0 radical (unpaired) electrons. The van der Waals surface area contributed by atoms with Gasteiger partial charge in [-0.1, -0.05) is 48.5 Å². The number of aliphatic hydroxyl groups is 1. The van der Waals surface area contributed by atoms with Gasteiger partial charge < -0.3 is 10.4 Å². The minimum absolute atomic E-state index is 0.0363. The number of benzene rings is 2. The fraction of sp³-hybridized carbons (Fsp3) is 0.188. The van der Waals surface area contributed by atoms with Gasteiger partial charge >= 0.3 is 0 Å². The Bertz CT molecular complexity index is 511. The summed E-state index contributed by atoms with van der Waals surface area (Å²) in [6.07, 6.45) is 0.503. The molecule has 19 heavy (non-hydrogen) atoms. The van der Waals surface area contributed by atoms with Gasteiger partial charge in [0, 0.05) is 12.2 Å². The van der Waals surface area contributed by atoms with E-state index in [1.54, 1.807) is 12.1 Å². The van der Waals surface area contributed by atoms with Crippen molar-refractivity contribution < 1.29 is 9.90 Å². The molecule has 3 heteroatoms. The van der Waals surface area contributed by atoms with E-state index in [4.69, 9.17) is 5.11 Å². The van der Waals surface area contributed by atoms with E-state index in [1.165, 1.54) is 0 Å². The molecule has 0 aliphatic heterocycles. The van der Waals surface area contributed by atoms with Crippen molar-refractivity contribution in [1.29, 1.82) is 0 Å². The number of rotatable bonds is 5. The molecule has 0 heterocycles. The molecule has 2 aromatic carbocycles. The van der Waals surface area contributed by atoms with Gasteiger partial charge in [-0.3, -0.25) is 4.79 Å². The van der Waals surface area contributed by atoms with Crippen molar-refractivity contribution in [3.8, 4) is 0 Å². The molecule has 1 atom stereocenters. The molecule has 0 aromatic heterocycles. The number of hydrogen-bond donors (Lipinski definition) is 2. The first-order valence-corrected chi connectivity index (χ1v) is 6.33. The van der Waals surface area contributed by atoms with Crippen LogP contribution in [0.5, 0.6) is 0 Å². The third-order valence-corrected chi connectivity index (χ3v) is 2.96. The zero-order chi connectivity index (χ0) is 13.5. The normalized spacial score (nSPS) is 11.8. The first-order chi connectivity index (χ1) is 9.31. The molecule has 2 aromatic rings. The fourth-order valence-corrected chi connectivity index (χ4v) is 1.97. The van der Waals surface area contributed by atoms with Gasteiger partial charge in [0.1, 0.15) is 0 Å². The first kappa shape index (κ1) is 13.3. The lowest BCUT2D eigenvalue weighted by Crippen LogP contribution is -2.29. The molecule has 0 aliphatic carbocycles. The van der Waals surface area contributed by atoms with E-state index in [9.17, 15) is 4.79 Å². The van der Waals surface area contributed by atoms with Crippen LogP contribution >= 0.6 is 0 Å². The molecule has 2 rings (SSSR count). The molecule has 0 bridgehead atoms. The Kier molecular flexibility index (Phi) is 4.70. The summed E-state index contributed by atoms with van der Waals surface area (Å²) >= 11 is 0. The van der Waals surface area contributed by atoms with Gasteiger partial charge in [-0.15, -0.1) is 0 Å². The van der Waals surface area contributed by atoms with E-state index in [1.807, 2.05) is 48.5 Å². The van der Waals surface area contributed by atoms with Crippen LogP contribution in [-0.4, -0.2) is 17.6 Å². The minimum Gasteiger partial charge on any atom is -0.396 e. The average molecular weight is 255 g/mol. The molecule has 0 fully saturated rings. The monoisotopic (exact) mass is 255 g/mol. The van der Waals surface area contributed by atoms with Crippen molar-refractivity contribution in [2.75, 3.05) is 6.61 Å². The Morgan fingerprint density at radius 1 is 1.00 bits per heavy atom. The quantitative estimate of drug-likeness (QED) is 0.862. The number of aliphatic hydroxyl groups excluding tert-OH is 1. The highest BCUT2D eigenvalue weighted by molar-refractivity contribution is 5.94. The van der Waals surface area contributed by atoms with Crippen LogP contribution in [-0.2, 0) is 0 Å². The number of hydrogen-bond acceptors (Lipinski definition) is 2. The molecular weight excluding hydrogens is 238 g/mol. The molecule has 1 unspecified atom stereocenters. The maximum absolute atomic E-state index is 12.1. The van der Waals surface area contributed by atoms with Crippen LogP contribution in [0, 0.1) is 0 Å². The van der Waals surface area contributed by atoms with E-state index in [0.717, 1.165) is 5.56 Å². The summed E-state index contributed by atoms with van der Waals surface area (Å²) in [5.41, 5.74) is 1.63. The Balaban J connectivity index is 2.11. The second kappa shape index (κ2) is 6.71. The molecule has 3 nitrogen and oxygen atoms in total. The maximum atomic E-state index is 12.1. The largest absolute Gasteiger partial charge is 0.396 e. The average Bonchev–Trinajstić information content (AvgIpc) is 2.48. The molecule has 0 saturated carbocycles. The predicted molar refractivity (Wildman–Crippen MR) is 74.8 cm³/mol. The van der Waals surface area contributed by atoms with E-state index >= 15 is 0 Å². The van der Waals surface area contributed by atoms with Crippen molar-refractivity contribution in [3.05, 3.63) is 71.8 Å². The maximum Gasteiger partial charge on any atom is 0.251 e. The highest BCUT2D eigenvalue weighted by atomic mass is 16.3. The van der Waals surface area contributed by atoms with Gasteiger partial charge in [0.25, 0.3) is 5.91 Å². The highest BCUT2D eigenvalue weighted by Crippen LogP contribution is 2.16. The topological polar surface area (TPSA) is 49.3 Å². The second-order valence-electron chi connectivity index (χ2n) is 4.32. The van der Waals surface area contributed by atoms with Gasteiger partial charge in [0.2, 0.25) is 0 Å². The standard InChI is InChI=1S/C16H17NO2/c18-12-11-15(13-7-3-1-4-8-13)17-16(19)14-9-5-2-6-10-14/h1-10,15,18H,11-12H2,(H,17,19). The highest BCUT2D eigenvalue weighted by Gasteiger charge is 2.14. The summed E-state index contributed by atoms with van der Waals surface area (Å²) in [5, 5.41) is 12.1. The van der Waals surface area contributed by atoms with Gasteiger partial charge in [-0.05, 0) is 24.1 Å². The lowest BCUT2D eigenvalue weighted by Gasteiger charge is -2.18. The van der Waals surface area contributed by atoms with E-state index in [0.29, 0.717) is 12.0 Å². The van der Waals surface area contributed by atoms with E-state index < -0.39 is 0 Å². The Hall–Kier alpha value is -2.13. The lowest BCUT2D eigenvalue weighted by atomic mass is 10.0. The van der Waals surface area contributed by atoms with Gasteiger partial charge in [-0.2, -0.15) is 0 Å². The Morgan fingerprint density at radius 2 is 1.58 bits per heavy atom. The smallest absolute Gasteiger partial charge is 0.251 e. The molecule has 0 aliphatic rings. The summed E-state index contributed by atoms with van der Waals surface area (Å²) in [4.78, 5) is 12.1. The zero-order valence-corrected chi connectivity index (χ0v) is 10.6. The van der Waals surface area contributed by atoms with Gasteiger partial charge in [-0.25, -0.2) is 0 Å². The van der Waals surface area contributed by atoms with Crippen LogP contribution in [0.15, 0.2) is 60.7 Å². The number of carbonyl (C=O) groups excluding carboxylic acids is 1. The van der Waals surface area contributed by atoms with Crippen LogP contribution in [0.3, 0.4) is 0 Å². The lowest BCUT2D eigenvalue weighted by molar-refractivity contribution is 0.0930.